The number of nitrogens with zero attached hydrogens (tertiary/aromatic N) is 1. The first-order chi connectivity index (χ1) is 9.77. The Morgan fingerprint density at radius 2 is 2.05 bits per heavy atom. The van der Waals surface area contributed by atoms with Crippen molar-refractivity contribution in [3.63, 3.8) is 0 Å². The highest BCUT2D eigenvalue weighted by atomic mass is 32.1. The molecule has 0 radical (unpaired) electrons. The summed E-state index contributed by atoms with van der Waals surface area (Å²) in [5, 5.41) is 12.9. The highest BCUT2D eigenvalue weighted by Crippen LogP contribution is 2.28. The Morgan fingerprint density at radius 1 is 1.33 bits per heavy atom. The fraction of sp³-hybridized carbons (Fsp3) is 0.471. The highest BCUT2D eigenvalue weighted by Gasteiger charge is 2.18. The van der Waals surface area contributed by atoms with E-state index in [2.05, 4.69) is 31.1 Å². The number of aliphatic hydroxyl groups is 1. The molecule has 0 saturated carbocycles. The van der Waals surface area contributed by atoms with Crippen molar-refractivity contribution in [2.75, 3.05) is 0 Å². The lowest BCUT2D eigenvalue weighted by atomic mass is 9.93. The van der Waals surface area contributed by atoms with Gasteiger partial charge in [-0.05, 0) is 26.0 Å². The van der Waals surface area contributed by atoms with E-state index in [1.54, 1.807) is 18.3 Å². The first-order valence-electron chi connectivity index (χ1n) is 7.13. The number of rotatable bonds is 4. The van der Waals surface area contributed by atoms with Crippen molar-refractivity contribution < 1.29 is 9.84 Å². The quantitative estimate of drug-likeness (QED) is 0.911. The van der Waals surface area contributed by atoms with Crippen LogP contribution in [0, 0.1) is 6.92 Å². The molecule has 1 heterocycles. The van der Waals surface area contributed by atoms with Gasteiger partial charge in [0.2, 0.25) is 0 Å². The van der Waals surface area contributed by atoms with E-state index >= 15 is 0 Å². The maximum atomic E-state index is 9.84. The monoisotopic (exact) mass is 305 g/mol. The Balaban J connectivity index is 2.12. The average molecular weight is 305 g/mol. The first-order valence-corrected chi connectivity index (χ1v) is 8.01. The standard InChI is InChI=1S/C17H23NO2S/c1-11-6-7-14(13(8-11)12(2)19)20-9-16-18-15(10-21-16)17(3,4)5/h6-8,10,12,19H,9H2,1-5H3/t12-/m0/s1. The lowest BCUT2D eigenvalue weighted by molar-refractivity contribution is 0.190. The van der Waals surface area contributed by atoms with Crippen molar-refractivity contribution in [1.29, 1.82) is 0 Å². The Morgan fingerprint density at radius 3 is 2.62 bits per heavy atom. The summed E-state index contributed by atoms with van der Waals surface area (Å²) in [5.74, 6) is 0.725. The molecule has 1 aromatic heterocycles. The number of thiazole rings is 1. The lowest BCUT2D eigenvalue weighted by Gasteiger charge is -2.15. The minimum absolute atomic E-state index is 0.0589. The van der Waals surface area contributed by atoms with Gasteiger partial charge in [0.25, 0.3) is 0 Å². The van der Waals surface area contributed by atoms with Gasteiger partial charge in [0, 0.05) is 16.4 Å². The molecule has 0 bridgehead atoms. The molecule has 3 nitrogen and oxygen atoms in total. The SMILES string of the molecule is Cc1ccc(OCc2nc(C(C)(C)C)cs2)c([C@H](C)O)c1. The molecule has 21 heavy (non-hydrogen) atoms. The van der Waals surface area contributed by atoms with Crippen LogP contribution in [0.25, 0.3) is 0 Å². The molecule has 0 unspecified atom stereocenters. The fourth-order valence-electron chi connectivity index (χ4n) is 1.99. The van der Waals surface area contributed by atoms with Crippen LogP contribution in [0.3, 0.4) is 0 Å². The van der Waals surface area contributed by atoms with Gasteiger partial charge in [-0.1, -0.05) is 32.4 Å². The van der Waals surface area contributed by atoms with Gasteiger partial charge in [-0.15, -0.1) is 11.3 Å². The summed E-state index contributed by atoms with van der Waals surface area (Å²) in [6.45, 7) is 10.6. The van der Waals surface area contributed by atoms with E-state index in [1.807, 2.05) is 25.1 Å². The minimum Gasteiger partial charge on any atom is -0.486 e. The van der Waals surface area contributed by atoms with Crippen LogP contribution in [0.5, 0.6) is 5.75 Å². The second kappa shape index (κ2) is 6.16. The van der Waals surface area contributed by atoms with Crippen molar-refractivity contribution in [2.24, 2.45) is 0 Å². The van der Waals surface area contributed by atoms with E-state index in [0.717, 1.165) is 27.6 Å². The zero-order valence-corrected chi connectivity index (χ0v) is 14.1. The molecular weight excluding hydrogens is 282 g/mol. The summed E-state index contributed by atoms with van der Waals surface area (Å²) in [5.41, 5.74) is 3.08. The summed E-state index contributed by atoms with van der Waals surface area (Å²) < 4.78 is 5.85. The van der Waals surface area contributed by atoms with Gasteiger partial charge in [-0.3, -0.25) is 0 Å². The Labute approximate surface area is 130 Å². The fourth-order valence-corrected chi connectivity index (χ4v) is 2.92. The molecule has 0 aliphatic rings. The van der Waals surface area contributed by atoms with Gasteiger partial charge < -0.3 is 9.84 Å². The Hall–Kier alpha value is -1.39. The van der Waals surface area contributed by atoms with Crippen molar-refractivity contribution in [1.82, 2.24) is 4.98 Å². The van der Waals surface area contributed by atoms with Crippen molar-refractivity contribution >= 4 is 11.3 Å². The Bertz CT molecular complexity index is 611. The summed E-state index contributed by atoms with van der Waals surface area (Å²) in [6, 6.07) is 5.86. The van der Waals surface area contributed by atoms with Crippen LogP contribution in [-0.2, 0) is 12.0 Å². The van der Waals surface area contributed by atoms with Crippen LogP contribution in [0.4, 0.5) is 0 Å². The normalized spacial score (nSPS) is 13.2. The topological polar surface area (TPSA) is 42.4 Å². The highest BCUT2D eigenvalue weighted by molar-refractivity contribution is 7.09. The van der Waals surface area contributed by atoms with Gasteiger partial charge in [-0.2, -0.15) is 0 Å². The number of hydrogen-bond donors (Lipinski definition) is 1. The van der Waals surface area contributed by atoms with Crippen LogP contribution in [0.15, 0.2) is 23.6 Å². The number of ether oxygens (including phenoxy) is 1. The molecule has 114 valence electrons. The number of hydrogen-bond acceptors (Lipinski definition) is 4. The van der Waals surface area contributed by atoms with Crippen molar-refractivity contribution in [3.8, 4) is 5.75 Å². The second-order valence-corrected chi connectivity index (χ2v) is 7.33. The summed E-state index contributed by atoms with van der Waals surface area (Å²) in [6.07, 6.45) is -0.540. The number of benzene rings is 1. The minimum atomic E-state index is -0.540. The predicted octanol–water partition coefficient (Wildman–Crippen LogP) is 4.38. The molecule has 2 rings (SSSR count). The zero-order chi connectivity index (χ0) is 15.6. The molecule has 2 aromatic rings. The van der Waals surface area contributed by atoms with Crippen LogP contribution in [0.1, 0.15) is 55.6 Å². The molecular formula is C17H23NO2S. The summed E-state index contributed by atoms with van der Waals surface area (Å²) in [4.78, 5) is 4.62. The largest absolute Gasteiger partial charge is 0.486 e. The second-order valence-electron chi connectivity index (χ2n) is 6.38. The third-order valence-corrected chi connectivity index (χ3v) is 4.11. The molecule has 0 aliphatic heterocycles. The number of aliphatic hydroxyl groups excluding tert-OH is 1. The maximum absolute atomic E-state index is 9.84. The van der Waals surface area contributed by atoms with Crippen LogP contribution in [0.2, 0.25) is 0 Å². The predicted molar refractivity (Wildman–Crippen MR) is 87.0 cm³/mol. The summed E-state index contributed by atoms with van der Waals surface area (Å²) >= 11 is 1.61. The molecule has 1 N–H and O–H groups in total. The van der Waals surface area contributed by atoms with Crippen LogP contribution < -0.4 is 4.74 Å². The van der Waals surface area contributed by atoms with E-state index in [1.165, 1.54) is 0 Å². The van der Waals surface area contributed by atoms with Crippen molar-refractivity contribution in [2.45, 2.75) is 52.7 Å². The van der Waals surface area contributed by atoms with E-state index in [9.17, 15) is 5.11 Å². The first kappa shape index (κ1) is 16.0. The molecule has 0 spiro atoms. The molecule has 0 amide bonds. The molecule has 1 atom stereocenters. The zero-order valence-electron chi connectivity index (χ0n) is 13.3. The molecule has 1 aromatic carbocycles. The summed E-state index contributed by atoms with van der Waals surface area (Å²) in [7, 11) is 0. The van der Waals surface area contributed by atoms with Crippen LogP contribution >= 0.6 is 11.3 Å². The third-order valence-electron chi connectivity index (χ3n) is 3.29. The smallest absolute Gasteiger partial charge is 0.140 e. The van der Waals surface area contributed by atoms with Crippen molar-refractivity contribution in [3.05, 3.63) is 45.4 Å². The number of aromatic nitrogens is 1. The maximum Gasteiger partial charge on any atom is 0.140 e. The molecule has 0 fully saturated rings. The van der Waals surface area contributed by atoms with E-state index in [-0.39, 0.29) is 5.41 Å². The van der Waals surface area contributed by atoms with Gasteiger partial charge >= 0.3 is 0 Å². The van der Waals surface area contributed by atoms with E-state index in [4.69, 9.17) is 4.74 Å². The van der Waals surface area contributed by atoms with Gasteiger partial charge in [0.05, 0.1) is 11.8 Å². The van der Waals surface area contributed by atoms with Crippen LogP contribution in [-0.4, -0.2) is 10.1 Å². The molecule has 0 aliphatic carbocycles. The van der Waals surface area contributed by atoms with Gasteiger partial charge in [0.1, 0.15) is 17.4 Å². The lowest BCUT2D eigenvalue weighted by Crippen LogP contribution is -2.11. The Kier molecular flexibility index (Phi) is 4.69. The van der Waals surface area contributed by atoms with Gasteiger partial charge in [0.15, 0.2) is 0 Å². The average Bonchev–Trinajstić information content (AvgIpc) is 2.85. The van der Waals surface area contributed by atoms with E-state index in [0.29, 0.717) is 6.61 Å². The van der Waals surface area contributed by atoms with E-state index < -0.39 is 6.10 Å². The molecule has 0 saturated heterocycles. The number of aryl methyl sites for hydroxylation is 1. The third kappa shape index (κ3) is 4.05. The molecule has 4 heteroatoms. The van der Waals surface area contributed by atoms with Gasteiger partial charge in [-0.25, -0.2) is 4.98 Å².